The van der Waals surface area contributed by atoms with Crippen LogP contribution in [0.3, 0.4) is 0 Å². The molecule has 0 spiro atoms. The fourth-order valence-corrected chi connectivity index (χ4v) is 1.99. The van der Waals surface area contributed by atoms with Gasteiger partial charge in [-0.2, -0.15) is 5.26 Å². The number of esters is 1. The Labute approximate surface area is 111 Å². The van der Waals surface area contributed by atoms with Crippen molar-refractivity contribution in [1.82, 2.24) is 0 Å². The summed E-state index contributed by atoms with van der Waals surface area (Å²) >= 11 is 0. The fraction of sp³-hybridized carbons (Fsp3) is 0.357. The van der Waals surface area contributed by atoms with Gasteiger partial charge in [0.15, 0.2) is 5.41 Å². The van der Waals surface area contributed by atoms with Crippen LogP contribution in [0.2, 0.25) is 0 Å². The lowest BCUT2D eigenvalue weighted by Gasteiger charge is -2.09. The number of aryl methyl sites for hydroxylation is 1. The van der Waals surface area contributed by atoms with Crippen molar-refractivity contribution in [2.24, 2.45) is 11.3 Å². The highest BCUT2D eigenvalue weighted by Crippen LogP contribution is 2.53. The first-order valence-electron chi connectivity index (χ1n) is 5.90. The molecule has 0 radical (unpaired) electrons. The van der Waals surface area contributed by atoms with Gasteiger partial charge in [0, 0.05) is 5.69 Å². The number of ether oxygens (including phenoxy) is 1. The molecule has 1 N–H and O–H groups in total. The summed E-state index contributed by atoms with van der Waals surface area (Å²) in [5.74, 6) is -1.62. The van der Waals surface area contributed by atoms with Crippen LogP contribution in [0.15, 0.2) is 24.3 Å². The van der Waals surface area contributed by atoms with Crippen molar-refractivity contribution in [1.29, 1.82) is 5.26 Å². The Morgan fingerprint density at radius 3 is 2.58 bits per heavy atom. The molecule has 0 heterocycles. The van der Waals surface area contributed by atoms with Crippen molar-refractivity contribution >= 4 is 17.6 Å². The van der Waals surface area contributed by atoms with Gasteiger partial charge in [0.1, 0.15) is 0 Å². The summed E-state index contributed by atoms with van der Waals surface area (Å²) in [5.41, 5.74) is 0.408. The van der Waals surface area contributed by atoms with E-state index in [0.717, 1.165) is 5.56 Å². The van der Waals surface area contributed by atoms with Crippen LogP contribution in [-0.4, -0.2) is 19.0 Å². The van der Waals surface area contributed by atoms with Crippen LogP contribution < -0.4 is 5.32 Å². The average Bonchev–Trinajstić information content (AvgIpc) is 3.16. The second-order valence-electron chi connectivity index (χ2n) is 4.68. The summed E-state index contributed by atoms with van der Waals surface area (Å²) in [5, 5.41) is 11.8. The van der Waals surface area contributed by atoms with Crippen LogP contribution in [0.5, 0.6) is 0 Å². The molecule has 19 heavy (non-hydrogen) atoms. The molecule has 2 atom stereocenters. The Bertz CT molecular complexity index is 559. The van der Waals surface area contributed by atoms with Gasteiger partial charge in [0.2, 0.25) is 5.91 Å². The highest BCUT2D eigenvalue weighted by Gasteiger charge is 2.65. The maximum absolute atomic E-state index is 12.1. The second kappa shape index (κ2) is 4.73. The number of rotatable bonds is 3. The third-order valence-corrected chi connectivity index (χ3v) is 3.36. The Hall–Kier alpha value is -2.35. The molecule has 1 aliphatic rings. The van der Waals surface area contributed by atoms with Crippen molar-refractivity contribution in [2.75, 3.05) is 12.4 Å². The minimum absolute atomic E-state index is 0.216. The zero-order chi connectivity index (χ0) is 14.0. The first-order chi connectivity index (χ1) is 9.03. The summed E-state index contributed by atoms with van der Waals surface area (Å²) in [6.07, 6.45) is 0.216. The zero-order valence-corrected chi connectivity index (χ0v) is 10.8. The third-order valence-electron chi connectivity index (χ3n) is 3.36. The summed E-state index contributed by atoms with van der Waals surface area (Å²) in [6.45, 7) is 1.94. The molecule has 1 saturated carbocycles. The fourth-order valence-electron chi connectivity index (χ4n) is 1.99. The number of nitriles is 1. The molecule has 1 fully saturated rings. The molecule has 0 bridgehead atoms. The number of amides is 1. The van der Waals surface area contributed by atoms with Crippen molar-refractivity contribution in [2.45, 2.75) is 13.3 Å². The molecule has 5 nitrogen and oxygen atoms in total. The van der Waals surface area contributed by atoms with E-state index in [1.165, 1.54) is 7.11 Å². The van der Waals surface area contributed by atoms with Crippen LogP contribution in [0, 0.1) is 29.6 Å². The number of methoxy groups -OCH3 is 1. The number of carbonyl (C=O) groups is 2. The van der Waals surface area contributed by atoms with E-state index in [9.17, 15) is 9.59 Å². The van der Waals surface area contributed by atoms with Crippen LogP contribution in [0.25, 0.3) is 0 Å². The molecule has 1 amide bonds. The van der Waals surface area contributed by atoms with Crippen LogP contribution in [0.1, 0.15) is 12.0 Å². The van der Waals surface area contributed by atoms with Gasteiger partial charge in [-0.05, 0) is 25.5 Å². The number of anilines is 1. The number of hydrogen-bond acceptors (Lipinski definition) is 4. The summed E-state index contributed by atoms with van der Waals surface area (Å²) < 4.78 is 4.58. The summed E-state index contributed by atoms with van der Waals surface area (Å²) in [4.78, 5) is 23.5. The average molecular weight is 258 g/mol. The summed E-state index contributed by atoms with van der Waals surface area (Å²) in [7, 11) is 1.25. The Morgan fingerprint density at radius 1 is 1.42 bits per heavy atom. The Morgan fingerprint density at radius 2 is 2.05 bits per heavy atom. The maximum Gasteiger partial charge on any atom is 0.310 e. The standard InChI is InChI=1S/C14H14N2O3/c1-9-3-5-10(6-4-9)16-13(18)14(8-15)7-11(14)12(17)19-2/h3-6,11H,7H2,1-2H3,(H,16,18). The third kappa shape index (κ3) is 2.29. The number of hydrogen-bond donors (Lipinski definition) is 1. The monoisotopic (exact) mass is 258 g/mol. The lowest BCUT2D eigenvalue weighted by molar-refractivity contribution is -0.143. The quantitative estimate of drug-likeness (QED) is 0.836. The maximum atomic E-state index is 12.1. The van der Waals surface area contributed by atoms with Crippen molar-refractivity contribution in [3.8, 4) is 6.07 Å². The van der Waals surface area contributed by atoms with Gasteiger partial charge in [0.05, 0.1) is 19.1 Å². The van der Waals surface area contributed by atoms with E-state index in [4.69, 9.17) is 5.26 Å². The molecular formula is C14H14N2O3. The number of benzene rings is 1. The molecule has 1 aromatic rings. The van der Waals surface area contributed by atoms with E-state index in [1.807, 2.05) is 25.1 Å². The van der Waals surface area contributed by atoms with Gasteiger partial charge >= 0.3 is 5.97 Å². The van der Waals surface area contributed by atoms with E-state index in [1.54, 1.807) is 12.1 Å². The van der Waals surface area contributed by atoms with Gasteiger partial charge in [-0.3, -0.25) is 9.59 Å². The van der Waals surface area contributed by atoms with E-state index < -0.39 is 23.2 Å². The first kappa shape index (κ1) is 13.1. The van der Waals surface area contributed by atoms with Gasteiger partial charge in [-0.15, -0.1) is 0 Å². The van der Waals surface area contributed by atoms with E-state index in [0.29, 0.717) is 5.69 Å². The van der Waals surface area contributed by atoms with E-state index in [-0.39, 0.29) is 6.42 Å². The smallest absolute Gasteiger partial charge is 0.310 e. The van der Waals surface area contributed by atoms with E-state index >= 15 is 0 Å². The lowest BCUT2D eigenvalue weighted by Crippen LogP contribution is -2.27. The molecule has 1 aliphatic carbocycles. The molecule has 0 saturated heterocycles. The number of nitrogens with one attached hydrogen (secondary N) is 1. The minimum atomic E-state index is -1.28. The minimum Gasteiger partial charge on any atom is -0.469 e. The lowest BCUT2D eigenvalue weighted by atomic mass is 10.0. The van der Waals surface area contributed by atoms with Crippen molar-refractivity contribution in [3.63, 3.8) is 0 Å². The molecule has 0 aromatic heterocycles. The summed E-state index contributed by atoms with van der Waals surface area (Å²) in [6, 6.07) is 9.17. The molecule has 98 valence electrons. The topological polar surface area (TPSA) is 79.2 Å². The van der Waals surface area contributed by atoms with Crippen LogP contribution >= 0.6 is 0 Å². The molecular weight excluding hydrogens is 244 g/mol. The predicted octanol–water partition coefficient (Wildman–Crippen LogP) is 1.64. The molecule has 1 aromatic carbocycles. The van der Waals surface area contributed by atoms with Gasteiger partial charge in [-0.1, -0.05) is 17.7 Å². The number of carbonyl (C=O) groups excluding carboxylic acids is 2. The van der Waals surface area contributed by atoms with Crippen molar-refractivity contribution < 1.29 is 14.3 Å². The van der Waals surface area contributed by atoms with Crippen LogP contribution in [0.4, 0.5) is 5.69 Å². The molecule has 2 rings (SSSR count). The predicted molar refractivity (Wildman–Crippen MR) is 68.0 cm³/mol. The normalized spacial score (nSPS) is 24.2. The first-order valence-corrected chi connectivity index (χ1v) is 5.90. The van der Waals surface area contributed by atoms with Crippen LogP contribution in [-0.2, 0) is 14.3 Å². The molecule has 2 unspecified atom stereocenters. The highest BCUT2D eigenvalue weighted by molar-refractivity contribution is 6.03. The Balaban J connectivity index is 2.10. The zero-order valence-electron chi connectivity index (χ0n) is 10.8. The van der Waals surface area contributed by atoms with Gasteiger partial charge in [0.25, 0.3) is 0 Å². The van der Waals surface area contributed by atoms with Crippen molar-refractivity contribution in [3.05, 3.63) is 29.8 Å². The van der Waals surface area contributed by atoms with Gasteiger partial charge < -0.3 is 10.1 Å². The number of nitrogens with zero attached hydrogens (tertiary/aromatic N) is 1. The largest absolute Gasteiger partial charge is 0.469 e. The molecule has 0 aliphatic heterocycles. The SMILES string of the molecule is COC(=O)C1CC1(C#N)C(=O)Nc1ccc(C)cc1. The second-order valence-corrected chi connectivity index (χ2v) is 4.68. The Kier molecular flexibility index (Phi) is 3.26. The highest BCUT2D eigenvalue weighted by atomic mass is 16.5. The molecule has 5 heteroatoms. The van der Waals surface area contributed by atoms with E-state index in [2.05, 4.69) is 10.1 Å². The van der Waals surface area contributed by atoms with Gasteiger partial charge in [-0.25, -0.2) is 0 Å².